The summed E-state index contributed by atoms with van der Waals surface area (Å²) in [5.74, 6) is 0.200. The maximum atomic E-state index is 12.6. The number of carbonyl (C=O) groups is 1. The number of fused-ring (bicyclic) bond motifs is 1. The van der Waals surface area contributed by atoms with Gasteiger partial charge in [0.05, 0.1) is 18.5 Å². The van der Waals surface area contributed by atoms with Crippen LogP contribution in [0.2, 0.25) is 0 Å². The largest absolute Gasteiger partial charge is 0.497 e. The lowest BCUT2D eigenvalue weighted by molar-refractivity contribution is -0.138. The molecule has 0 bridgehead atoms. The molecular formula is C30H24N2O5. The van der Waals surface area contributed by atoms with Crippen LogP contribution in [0.25, 0.3) is 34.0 Å². The molecule has 0 radical (unpaired) electrons. The Hall–Kier alpha value is -4.91. The molecule has 0 atom stereocenters. The molecule has 0 saturated heterocycles. The Morgan fingerprint density at radius 1 is 1.03 bits per heavy atom. The smallest absolute Gasteiger partial charge is 0.336 e. The van der Waals surface area contributed by atoms with Gasteiger partial charge in [-0.05, 0) is 61.0 Å². The first-order valence-electron chi connectivity index (χ1n) is 11.7. The van der Waals surface area contributed by atoms with Crippen molar-refractivity contribution < 1.29 is 18.7 Å². The van der Waals surface area contributed by atoms with E-state index in [0.29, 0.717) is 16.8 Å². The standard InChI is InChI=1S/C30H24N2O5/c1-20-8-14-26-23(17-29(34)37-27(26)16-20)19-36-28(33)15-11-22-18-32(24-6-4-3-5-7-24)31-30(22)21-9-12-25(35-2)13-10-21/h3-18H,19H2,1-2H3. The van der Waals surface area contributed by atoms with Gasteiger partial charge in [-0.1, -0.05) is 30.3 Å². The summed E-state index contributed by atoms with van der Waals surface area (Å²) in [6.45, 7) is 1.86. The first kappa shape index (κ1) is 23.8. The summed E-state index contributed by atoms with van der Waals surface area (Å²) in [5, 5.41) is 5.49. The molecule has 37 heavy (non-hydrogen) atoms. The Bertz CT molecular complexity index is 1650. The highest BCUT2D eigenvalue weighted by Gasteiger charge is 2.12. The number of benzene rings is 3. The van der Waals surface area contributed by atoms with Gasteiger partial charge in [-0.3, -0.25) is 0 Å². The molecule has 2 aromatic heterocycles. The van der Waals surface area contributed by atoms with Crippen LogP contribution in [0.3, 0.4) is 0 Å². The Balaban J connectivity index is 1.40. The van der Waals surface area contributed by atoms with E-state index in [9.17, 15) is 9.59 Å². The second kappa shape index (κ2) is 10.4. The Labute approximate surface area is 213 Å². The van der Waals surface area contributed by atoms with Crippen LogP contribution in [0.1, 0.15) is 16.7 Å². The molecule has 184 valence electrons. The molecule has 0 aliphatic carbocycles. The van der Waals surface area contributed by atoms with Crippen LogP contribution < -0.4 is 10.4 Å². The van der Waals surface area contributed by atoms with E-state index in [4.69, 9.17) is 19.0 Å². The third-order valence-corrected chi connectivity index (χ3v) is 5.88. The normalized spacial score (nSPS) is 11.2. The number of ether oxygens (including phenoxy) is 2. The molecule has 7 heteroatoms. The number of carbonyl (C=O) groups excluding carboxylic acids is 1. The minimum absolute atomic E-state index is 0.0526. The number of nitrogens with zero attached hydrogens (tertiary/aromatic N) is 2. The fraction of sp³-hybridized carbons (Fsp3) is 0.100. The second-order valence-corrected chi connectivity index (χ2v) is 8.47. The van der Waals surface area contributed by atoms with Gasteiger partial charge in [-0.2, -0.15) is 5.10 Å². The number of aryl methyl sites for hydroxylation is 1. The quantitative estimate of drug-likeness (QED) is 0.164. The highest BCUT2D eigenvalue weighted by atomic mass is 16.5. The van der Waals surface area contributed by atoms with E-state index in [1.807, 2.05) is 79.9 Å². The van der Waals surface area contributed by atoms with Crippen LogP contribution in [0.5, 0.6) is 5.75 Å². The van der Waals surface area contributed by atoms with Gasteiger partial charge in [0.1, 0.15) is 17.9 Å². The molecule has 0 fully saturated rings. The van der Waals surface area contributed by atoms with E-state index in [0.717, 1.165) is 33.5 Å². The summed E-state index contributed by atoms with van der Waals surface area (Å²) in [7, 11) is 1.62. The molecule has 3 aromatic carbocycles. The van der Waals surface area contributed by atoms with Gasteiger partial charge in [-0.25, -0.2) is 14.3 Å². The van der Waals surface area contributed by atoms with Crippen molar-refractivity contribution in [3.8, 4) is 22.7 Å². The zero-order valence-electron chi connectivity index (χ0n) is 20.4. The highest BCUT2D eigenvalue weighted by Crippen LogP contribution is 2.27. The number of hydrogen-bond donors (Lipinski definition) is 0. The molecule has 0 aliphatic rings. The summed E-state index contributed by atoms with van der Waals surface area (Å²) in [5.41, 5.74) is 4.75. The highest BCUT2D eigenvalue weighted by molar-refractivity contribution is 5.89. The number of methoxy groups -OCH3 is 1. The molecule has 0 unspecified atom stereocenters. The van der Waals surface area contributed by atoms with Gasteiger partial charge < -0.3 is 13.9 Å². The molecule has 0 amide bonds. The van der Waals surface area contributed by atoms with E-state index in [1.165, 1.54) is 12.1 Å². The first-order valence-corrected chi connectivity index (χ1v) is 11.7. The van der Waals surface area contributed by atoms with Crippen LogP contribution in [0.15, 0.2) is 100 Å². The molecule has 5 aromatic rings. The molecule has 0 N–H and O–H groups in total. The van der Waals surface area contributed by atoms with E-state index in [2.05, 4.69) is 0 Å². The minimum Gasteiger partial charge on any atom is -0.497 e. The summed E-state index contributed by atoms with van der Waals surface area (Å²) in [4.78, 5) is 24.6. The first-order chi connectivity index (χ1) is 18.0. The SMILES string of the molecule is COc1ccc(-c2nn(-c3ccccc3)cc2C=CC(=O)OCc2cc(=O)oc3cc(C)ccc23)cc1. The number of hydrogen-bond acceptors (Lipinski definition) is 6. The van der Waals surface area contributed by atoms with Gasteiger partial charge in [0.15, 0.2) is 0 Å². The minimum atomic E-state index is -0.540. The summed E-state index contributed by atoms with van der Waals surface area (Å²) in [6.07, 6.45) is 4.89. The fourth-order valence-corrected chi connectivity index (χ4v) is 4.01. The third kappa shape index (κ3) is 5.36. The molecule has 0 spiro atoms. The van der Waals surface area contributed by atoms with Crippen LogP contribution in [0, 0.1) is 6.92 Å². The van der Waals surface area contributed by atoms with Gasteiger partial charge in [0, 0.05) is 40.4 Å². The Kier molecular flexibility index (Phi) is 6.68. The lowest BCUT2D eigenvalue weighted by Crippen LogP contribution is -2.05. The monoisotopic (exact) mass is 492 g/mol. The number of para-hydroxylation sites is 1. The van der Waals surface area contributed by atoms with E-state index < -0.39 is 11.6 Å². The Morgan fingerprint density at radius 3 is 2.57 bits per heavy atom. The summed E-state index contributed by atoms with van der Waals surface area (Å²) >= 11 is 0. The summed E-state index contributed by atoms with van der Waals surface area (Å²) in [6, 6.07) is 24.2. The molecule has 7 nitrogen and oxygen atoms in total. The van der Waals surface area contributed by atoms with E-state index >= 15 is 0 Å². The van der Waals surface area contributed by atoms with Gasteiger partial charge in [0.2, 0.25) is 0 Å². The van der Waals surface area contributed by atoms with Crippen LogP contribution >= 0.6 is 0 Å². The maximum absolute atomic E-state index is 12.6. The zero-order chi connectivity index (χ0) is 25.8. The average Bonchev–Trinajstić information content (AvgIpc) is 3.35. The second-order valence-electron chi connectivity index (χ2n) is 8.47. The van der Waals surface area contributed by atoms with E-state index in [-0.39, 0.29) is 6.61 Å². The molecule has 0 saturated carbocycles. The topological polar surface area (TPSA) is 83.6 Å². The van der Waals surface area contributed by atoms with Crippen molar-refractivity contribution >= 4 is 23.0 Å². The van der Waals surface area contributed by atoms with Crippen molar-refractivity contribution in [1.82, 2.24) is 9.78 Å². The van der Waals surface area contributed by atoms with Crippen molar-refractivity contribution in [2.75, 3.05) is 7.11 Å². The fourth-order valence-electron chi connectivity index (χ4n) is 4.01. The van der Waals surface area contributed by atoms with Crippen molar-refractivity contribution in [1.29, 1.82) is 0 Å². The molecule has 5 rings (SSSR count). The zero-order valence-corrected chi connectivity index (χ0v) is 20.4. The Morgan fingerprint density at radius 2 is 1.81 bits per heavy atom. The predicted octanol–water partition coefficient (Wildman–Crippen LogP) is 5.72. The number of aromatic nitrogens is 2. The molecule has 2 heterocycles. The number of rotatable bonds is 7. The van der Waals surface area contributed by atoms with Gasteiger partial charge in [0.25, 0.3) is 0 Å². The van der Waals surface area contributed by atoms with Crippen molar-refractivity contribution in [2.45, 2.75) is 13.5 Å². The van der Waals surface area contributed by atoms with Gasteiger partial charge in [-0.15, -0.1) is 0 Å². The van der Waals surface area contributed by atoms with Crippen LogP contribution in [-0.2, 0) is 16.1 Å². The van der Waals surface area contributed by atoms with Crippen LogP contribution in [0.4, 0.5) is 0 Å². The lowest BCUT2D eigenvalue weighted by Gasteiger charge is -2.06. The lowest BCUT2D eigenvalue weighted by atomic mass is 10.1. The average molecular weight is 493 g/mol. The van der Waals surface area contributed by atoms with Crippen molar-refractivity contribution in [3.63, 3.8) is 0 Å². The maximum Gasteiger partial charge on any atom is 0.336 e. The third-order valence-electron chi connectivity index (χ3n) is 5.88. The van der Waals surface area contributed by atoms with Crippen molar-refractivity contribution in [2.24, 2.45) is 0 Å². The van der Waals surface area contributed by atoms with E-state index in [1.54, 1.807) is 23.9 Å². The molecule has 0 aliphatic heterocycles. The van der Waals surface area contributed by atoms with Gasteiger partial charge >= 0.3 is 11.6 Å². The molecular weight excluding hydrogens is 468 g/mol. The predicted molar refractivity (Wildman–Crippen MR) is 142 cm³/mol. The summed E-state index contributed by atoms with van der Waals surface area (Å²) < 4.78 is 17.8. The number of esters is 1. The van der Waals surface area contributed by atoms with Crippen molar-refractivity contribution in [3.05, 3.63) is 118 Å². The van der Waals surface area contributed by atoms with Crippen LogP contribution in [-0.4, -0.2) is 22.9 Å².